The lowest BCUT2D eigenvalue weighted by molar-refractivity contribution is 0.262. The molecule has 1 heterocycles. The van der Waals surface area contributed by atoms with Crippen molar-refractivity contribution in [3.05, 3.63) is 47.5 Å². The van der Waals surface area contributed by atoms with E-state index >= 15 is 0 Å². The van der Waals surface area contributed by atoms with Gasteiger partial charge in [-0.2, -0.15) is 5.10 Å². The molecule has 0 fully saturated rings. The molecule has 0 aliphatic carbocycles. The van der Waals surface area contributed by atoms with Gasteiger partial charge in [0.1, 0.15) is 12.2 Å². The van der Waals surface area contributed by atoms with Crippen molar-refractivity contribution in [1.29, 1.82) is 0 Å². The summed E-state index contributed by atoms with van der Waals surface area (Å²) in [7, 11) is 0. The molecule has 4 heteroatoms. The van der Waals surface area contributed by atoms with Crippen LogP contribution in [0.5, 0.6) is 0 Å². The third-order valence-electron chi connectivity index (χ3n) is 3.29. The summed E-state index contributed by atoms with van der Waals surface area (Å²) in [5.41, 5.74) is 2.37. The molecule has 1 unspecified atom stereocenters. The lowest BCUT2D eigenvalue weighted by Gasteiger charge is -2.15. The van der Waals surface area contributed by atoms with Crippen molar-refractivity contribution in [3.63, 3.8) is 0 Å². The fourth-order valence-corrected chi connectivity index (χ4v) is 2.28. The Morgan fingerprint density at radius 2 is 2.21 bits per heavy atom. The Balaban J connectivity index is 2.17. The van der Waals surface area contributed by atoms with E-state index in [-0.39, 0.29) is 12.5 Å². The van der Waals surface area contributed by atoms with E-state index in [4.69, 9.17) is 0 Å². The molecule has 0 saturated carbocycles. The van der Waals surface area contributed by atoms with Crippen LogP contribution in [0.3, 0.4) is 0 Å². The molecule has 0 spiro atoms. The van der Waals surface area contributed by atoms with E-state index in [2.05, 4.69) is 42.1 Å². The Kier molecular flexibility index (Phi) is 4.68. The molecule has 19 heavy (non-hydrogen) atoms. The monoisotopic (exact) mass is 259 g/mol. The standard InChI is InChI=1S/C15H21N3O/c1-3-7-18-15(16-11-17-18)9-14(10-19)13-6-4-5-12(2)8-13/h4-6,8,11,14,19H,3,7,9-10H2,1-2H3. The summed E-state index contributed by atoms with van der Waals surface area (Å²) in [5.74, 6) is 1.03. The Hall–Kier alpha value is -1.68. The average Bonchev–Trinajstić information content (AvgIpc) is 2.84. The van der Waals surface area contributed by atoms with Gasteiger partial charge in [0.15, 0.2) is 0 Å². The van der Waals surface area contributed by atoms with E-state index < -0.39 is 0 Å². The van der Waals surface area contributed by atoms with Crippen LogP contribution in [0, 0.1) is 6.92 Å². The Labute approximate surface area is 114 Å². The lowest BCUT2D eigenvalue weighted by atomic mass is 9.95. The van der Waals surface area contributed by atoms with E-state index in [0.29, 0.717) is 0 Å². The van der Waals surface area contributed by atoms with Crippen LogP contribution in [-0.2, 0) is 13.0 Å². The molecular weight excluding hydrogens is 238 g/mol. The maximum Gasteiger partial charge on any atom is 0.138 e. The molecule has 0 aliphatic rings. The largest absolute Gasteiger partial charge is 0.396 e. The first-order valence-corrected chi connectivity index (χ1v) is 6.78. The minimum Gasteiger partial charge on any atom is -0.396 e. The second-order valence-electron chi connectivity index (χ2n) is 4.90. The SMILES string of the molecule is CCCn1ncnc1CC(CO)c1cccc(C)c1. The molecule has 102 valence electrons. The molecule has 0 amide bonds. The second-order valence-corrected chi connectivity index (χ2v) is 4.90. The number of benzene rings is 1. The summed E-state index contributed by atoms with van der Waals surface area (Å²) in [6.45, 7) is 5.19. The highest BCUT2D eigenvalue weighted by Crippen LogP contribution is 2.20. The molecule has 0 aliphatic heterocycles. The predicted molar refractivity (Wildman–Crippen MR) is 75.0 cm³/mol. The quantitative estimate of drug-likeness (QED) is 0.866. The number of aryl methyl sites for hydroxylation is 2. The zero-order valence-corrected chi connectivity index (χ0v) is 11.6. The van der Waals surface area contributed by atoms with Crippen LogP contribution in [0.25, 0.3) is 0 Å². The van der Waals surface area contributed by atoms with E-state index in [1.807, 2.05) is 10.7 Å². The Morgan fingerprint density at radius 3 is 2.89 bits per heavy atom. The van der Waals surface area contributed by atoms with Crippen molar-refractivity contribution < 1.29 is 5.11 Å². The Morgan fingerprint density at radius 1 is 1.37 bits per heavy atom. The molecule has 1 N–H and O–H groups in total. The molecule has 2 aromatic rings. The molecule has 0 bridgehead atoms. The van der Waals surface area contributed by atoms with Crippen molar-refractivity contribution in [3.8, 4) is 0 Å². The summed E-state index contributed by atoms with van der Waals surface area (Å²) in [5, 5.41) is 13.9. The van der Waals surface area contributed by atoms with Gasteiger partial charge in [0.05, 0.1) is 6.61 Å². The van der Waals surface area contributed by atoms with Crippen LogP contribution in [0.4, 0.5) is 0 Å². The minimum atomic E-state index is 0.0831. The van der Waals surface area contributed by atoms with E-state index in [0.717, 1.165) is 30.8 Å². The van der Waals surface area contributed by atoms with Crippen LogP contribution in [0.2, 0.25) is 0 Å². The summed E-state index contributed by atoms with van der Waals surface area (Å²) in [4.78, 5) is 4.31. The van der Waals surface area contributed by atoms with Crippen molar-refractivity contribution in [2.45, 2.75) is 39.2 Å². The number of hydrogen-bond donors (Lipinski definition) is 1. The molecule has 1 aromatic carbocycles. The fourth-order valence-electron chi connectivity index (χ4n) is 2.28. The molecule has 4 nitrogen and oxygen atoms in total. The Bertz CT molecular complexity index is 522. The maximum absolute atomic E-state index is 9.63. The van der Waals surface area contributed by atoms with E-state index in [9.17, 15) is 5.11 Å². The third kappa shape index (κ3) is 3.41. The van der Waals surface area contributed by atoms with Gasteiger partial charge in [-0.3, -0.25) is 4.68 Å². The van der Waals surface area contributed by atoms with Crippen molar-refractivity contribution in [2.75, 3.05) is 6.61 Å². The van der Waals surface area contributed by atoms with Crippen LogP contribution >= 0.6 is 0 Å². The number of nitrogens with zero attached hydrogens (tertiary/aromatic N) is 3. The molecule has 2 rings (SSSR count). The molecule has 0 saturated heterocycles. The summed E-state index contributed by atoms with van der Waals surface area (Å²) < 4.78 is 1.93. The highest BCUT2D eigenvalue weighted by Gasteiger charge is 2.15. The number of aliphatic hydroxyl groups is 1. The van der Waals surface area contributed by atoms with Crippen LogP contribution in [0.15, 0.2) is 30.6 Å². The van der Waals surface area contributed by atoms with E-state index in [1.165, 1.54) is 5.56 Å². The van der Waals surface area contributed by atoms with Gasteiger partial charge < -0.3 is 5.11 Å². The number of rotatable bonds is 6. The first-order chi connectivity index (χ1) is 9.24. The van der Waals surface area contributed by atoms with Crippen molar-refractivity contribution in [2.24, 2.45) is 0 Å². The van der Waals surface area contributed by atoms with Crippen LogP contribution in [0.1, 0.15) is 36.2 Å². The zero-order valence-electron chi connectivity index (χ0n) is 11.6. The third-order valence-corrected chi connectivity index (χ3v) is 3.29. The summed E-state index contributed by atoms with van der Waals surface area (Å²) in [6.07, 6.45) is 3.35. The number of hydrogen-bond acceptors (Lipinski definition) is 3. The van der Waals surface area contributed by atoms with Gasteiger partial charge in [0.25, 0.3) is 0 Å². The number of aromatic nitrogens is 3. The number of aliphatic hydroxyl groups excluding tert-OH is 1. The first kappa shape index (κ1) is 13.7. The zero-order chi connectivity index (χ0) is 13.7. The van der Waals surface area contributed by atoms with Gasteiger partial charge in [-0.1, -0.05) is 36.8 Å². The van der Waals surface area contributed by atoms with E-state index in [1.54, 1.807) is 6.33 Å². The van der Waals surface area contributed by atoms with Crippen molar-refractivity contribution >= 4 is 0 Å². The van der Waals surface area contributed by atoms with Gasteiger partial charge in [-0.15, -0.1) is 0 Å². The van der Waals surface area contributed by atoms with Gasteiger partial charge in [-0.05, 0) is 18.9 Å². The second kappa shape index (κ2) is 6.48. The highest BCUT2D eigenvalue weighted by atomic mass is 16.3. The predicted octanol–water partition coefficient (Wildman–Crippen LogP) is 2.32. The van der Waals surface area contributed by atoms with Gasteiger partial charge in [0.2, 0.25) is 0 Å². The average molecular weight is 259 g/mol. The van der Waals surface area contributed by atoms with Gasteiger partial charge in [0, 0.05) is 18.9 Å². The molecule has 1 atom stereocenters. The van der Waals surface area contributed by atoms with Crippen molar-refractivity contribution in [1.82, 2.24) is 14.8 Å². The van der Waals surface area contributed by atoms with Gasteiger partial charge in [-0.25, -0.2) is 4.98 Å². The summed E-state index contributed by atoms with van der Waals surface area (Å²) in [6, 6.07) is 8.29. The summed E-state index contributed by atoms with van der Waals surface area (Å²) >= 11 is 0. The maximum atomic E-state index is 9.63. The smallest absolute Gasteiger partial charge is 0.138 e. The lowest BCUT2D eigenvalue weighted by Crippen LogP contribution is -2.13. The molecular formula is C15H21N3O. The van der Waals surface area contributed by atoms with Crippen LogP contribution in [-0.4, -0.2) is 26.5 Å². The van der Waals surface area contributed by atoms with Crippen LogP contribution < -0.4 is 0 Å². The van der Waals surface area contributed by atoms with Gasteiger partial charge >= 0.3 is 0 Å². The molecule has 1 aromatic heterocycles. The molecule has 0 radical (unpaired) electrons. The first-order valence-electron chi connectivity index (χ1n) is 6.78. The topological polar surface area (TPSA) is 50.9 Å². The normalized spacial score (nSPS) is 12.6. The highest BCUT2D eigenvalue weighted by molar-refractivity contribution is 5.26. The minimum absolute atomic E-state index is 0.0831. The fraction of sp³-hybridized carbons (Fsp3) is 0.467.